The summed E-state index contributed by atoms with van der Waals surface area (Å²) in [6.07, 6.45) is 2.11. The van der Waals surface area contributed by atoms with E-state index >= 15 is 0 Å². The van der Waals surface area contributed by atoms with Gasteiger partial charge in [0.15, 0.2) is 0 Å². The first kappa shape index (κ1) is 23.3. The minimum absolute atomic E-state index is 0.0416. The molecule has 0 spiro atoms. The van der Waals surface area contributed by atoms with Gasteiger partial charge in [-0.05, 0) is 20.3 Å². The first-order valence-corrected chi connectivity index (χ1v) is 9.49. The van der Waals surface area contributed by atoms with Crippen molar-refractivity contribution in [2.45, 2.75) is 39.2 Å². The minimum Gasteiger partial charge on any atom is -0.394 e. The molecule has 10 heteroatoms. The van der Waals surface area contributed by atoms with E-state index in [1.807, 2.05) is 13.8 Å². The highest BCUT2D eigenvalue weighted by atomic mass is 16.5. The Morgan fingerprint density at radius 3 is 2.11 bits per heavy atom. The first-order valence-electron chi connectivity index (χ1n) is 9.49. The molecule has 1 aromatic heterocycles. The second-order valence-corrected chi connectivity index (χ2v) is 6.69. The van der Waals surface area contributed by atoms with Crippen molar-refractivity contribution < 1.29 is 14.6 Å². The lowest BCUT2D eigenvalue weighted by atomic mass is 10.1. The van der Waals surface area contributed by atoms with Crippen molar-refractivity contribution in [3.05, 3.63) is 0 Å². The molecular formula is C17H35N7O3. The normalized spacial score (nSPS) is 11.4. The van der Waals surface area contributed by atoms with E-state index in [0.29, 0.717) is 57.4 Å². The van der Waals surface area contributed by atoms with Crippen molar-refractivity contribution in [2.75, 3.05) is 68.6 Å². The monoisotopic (exact) mass is 385 g/mol. The van der Waals surface area contributed by atoms with Gasteiger partial charge in [0.25, 0.3) is 0 Å². The number of hydrogen-bond donors (Lipinski definition) is 5. The molecule has 0 aliphatic heterocycles. The third-order valence-electron chi connectivity index (χ3n) is 3.46. The molecule has 10 nitrogen and oxygen atoms in total. The second-order valence-electron chi connectivity index (χ2n) is 6.69. The molecule has 1 rings (SSSR count). The Balaban J connectivity index is 2.55. The summed E-state index contributed by atoms with van der Waals surface area (Å²) < 4.78 is 10.7. The SMILES string of the molecule is CCCCNc1nc(NCCOCCOCCN)nc(NC(C)(C)CO)n1. The van der Waals surface area contributed by atoms with Crippen LogP contribution in [0.3, 0.4) is 0 Å². The molecule has 0 radical (unpaired) electrons. The number of aromatic nitrogens is 3. The zero-order valence-electron chi connectivity index (χ0n) is 16.8. The van der Waals surface area contributed by atoms with Crippen molar-refractivity contribution >= 4 is 17.8 Å². The average molecular weight is 386 g/mol. The van der Waals surface area contributed by atoms with Crippen LogP contribution in [0.1, 0.15) is 33.6 Å². The van der Waals surface area contributed by atoms with Gasteiger partial charge in [0.2, 0.25) is 17.8 Å². The zero-order valence-corrected chi connectivity index (χ0v) is 16.8. The van der Waals surface area contributed by atoms with Crippen LogP contribution in [0.4, 0.5) is 17.8 Å². The highest BCUT2D eigenvalue weighted by Gasteiger charge is 2.18. The summed E-state index contributed by atoms with van der Waals surface area (Å²) in [5.41, 5.74) is 4.81. The Kier molecular flexibility index (Phi) is 11.6. The maximum Gasteiger partial charge on any atom is 0.229 e. The summed E-state index contributed by atoms with van der Waals surface area (Å²) >= 11 is 0. The fourth-order valence-electron chi connectivity index (χ4n) is 1.95. The Morgan fingerprint density at radius 1 is 0.926 bits per heavy atom. The highest BCUT2D eigenvalue weighted by molar-refractivity contribution is 5.43. The van der Waals surface area contributed by atoms with Crippen molar-refractivity contribution in [2.24, 2.45) is 5.73 Å². The molecule has 0 bridgehead atoms. The van der Waals surface area contributed by atoms with Crippen molar-refractivity contribution in [3.8, 4) is 0 Å². The molecule has 0 aromatic carbocycles. The molecule has 0 unspecified atom stereocenters. The maximum atomic E-state index is 9.45. The Bertz CT molecular complexity index is 517. The molecule has 0 aliphatic carbocycles. The predicted molar refractivity (Wildman–Crippen MR) is 107 cm³/mol. The van der Waals surface area contributed by atoms with Gasteiger partial charge >= 0.3 is 0 Å². The number of nitrogens with two attached hydrogens (primary N) is 1. The summed E-state index contributed by atoms with van der Waals surface area (Å²) in [7, 11) is 0. The third-order valence-corrected chi connectivity index (χ3v) is 3.46. The molecule has 0 saturated heterocycles. The van der Waals surface area contributed by atoms with Crippen molar-refractivity contribution in [1.29, 1.82) is 0 Å². The van der Waals surface area contributed by atoms with Crippen LogP contribution in [0.2, 0.25) is 0 Å². The van der Waals surface area contributed by atoms with Crippen LogP contribution in [0, 0.1) is 0 Å². The first-order chi connectivity index (χ1) is 13.0. The van der Waals surface area contributed by atoms with Crippen LogP contribution in [-0.4, -0.2) is 78.3 Å². The van der Waals surface area contributed by atoms with Gasteiger partial charge in [-0.15, -0.1) is 0 Å². The third kappa shape index (κ3) is 10.9. The predicted octanol–water partition coefficient (Wildman–Crippen LogP) is 0.670. The van der Waals surface area contributed by atoms with Crippen molar-refractivity contribution in [3.63, 3.8) is 0 Å². The van der Waals surface area contributed by atoms with Crippen LogP contribution in [0.5, 0.6) is 0 Å². The van der Waals surface area contributed by atoms with Gasteiger partial charge in [0.1, 0.15) is 0 Å². The molecule has 0 saturated carbocycles. The van der Waals surface area contributed by atoms with E-state index in [2.05, 4.69) is 37.8 Å². The average Bonchev–Trinajstić information content (AvgIpc) is 2.64. The Morgan fingerprint density at radius 2 is 1.52 bits per heavy atom. The topological polar surface area (TPSA) is 139 Å². The van der Waals surface area contributed by atoms with Gasteiger partial charge in [-0.1, -0.05) is 13.3 Å². The van der Waals surface area contributed by atoms with Gasteiger partial charge in [-0.25, -0.2) is 0 Å². The number of unbranched alkanes of at least 4 members (excludes halogenated alkanes) is 1. The van der Waals surface area contributed by atoms with Crippen LogP contribution < -0.4 is 21.7 Å². The molecule has 0 aliphatic rings. The number of anilines is 3. The smallest absolute Gasteiger partial charge is 0.229 e. The van der Waals surface area contributed by atoms with Gasteiger partial charge in [0.05, 0.1) is 38.6 Å². The summed E-state index contributed by atoms with van der Waals surface area (Å²) in [4.78, 5) is 13.1. The molecule has 0 fully saturated rings. The lowest BCUT2D eigenvalue weighted by molar-refractivity contribution is 0.0547. The van der Waals surface area contributed by atoms with Crippen LogP contribution >= 0.6 is 0 Å². The quantitative estimate of drug-likeness (QED) is 0.258. The van der Waals surface area contributed by atoms with E-state index in [0.717, 1.165) is 19.4 Å². The van der Waals surface area contributed by atoms with Gasteiger partial charge in [-0.3, -0.25) is 0 Å². The van der Waals surface area contributed by atoms with E-state index in [-0.39, 0.29) is 6.61 Å². The van der Waals surface area contributed by atoms with E-state index in [1.165, 1.54) is 0 Å². The summed E-state index contributed by atoms with van der Waals surface area (Å²) in [6.45, 7) is 9.76. The Hall–Kier alpha value is -1.75. The molecule has 0 amide bonds. The molecule has 27 heavy (non-hydrogen) atoms. The molecule has 6 N–H and O–H groups in total. The lowest BCUT2D eigenvalue weighted by Crippen LogP contribution is -2.36. The zero-order chi connectivity index (χ0) is 20.0. The van der Waals surface area contributed by atoms with E-state index < -0.39 is 5.54 Å². The number of aliphatic hydroxyl groups is 1. The summed E-state index contributed by atoms with van der Waals surface area (Å²) in [6, 6.07) is 0. The Labute approximate surface area is 161 Å². The van der Waals surface area contributed by atoms with Crippen LogP contribution in [-0.2, 0) is 9.47 Å². The standard InChI is InChI=1S/C17H35N7O3/c1-4-5-7-19-14-21-15(20-8-10-27-12-11-26-9-6-18)23-16(22-14)24-17(2,3)13-25/h25H,4-13,18H2,1-3H3,(H3,19,20,21,22,23,24). The van der Waals surface area contributed by atoms with Crippen molar-refractivity contribution in [1.82, 2.24) is 15.0 Å². The van der Waals surface area contributed by atoms with Gasteiger partial charge < -0.3 is 36.3 Å². The minimum atomic E-state index is -0.536. The molecule has 0 atom stereocenters. The number of ether oxygens (including phenoxy) is 2. The van der Waals surface area contributed by atoms with Gasteiger partial charge in [-0.2, -0.15) is 15.0 Å². The lowest BCUT2D eigenvalue weighted by Gasteiger charge is -2.23. The van der Waals surface area contributed by atoms with E-state index in [9.17, 15) is 5.11 Å². The largest absolute Gasteiger partial charge is 0.394 e. The van der Waals surface area contributed by atoms with E-state index in [4.69, 9.17) is 15.2 Å². The fraction of sp³-hybridized carbons (Fsp3) is 0.824. The summed E-state index contributed by atoms with van der Waals surface area (Å²) in [5, 5.41) is 18.9. The molecule has 1 heterocycles. The molecule has 156 valence electrons. The number of rotatable bonds is 16. The number of nitrogens with zero attached hydrogens (tertiary/aromatic N) is 3. The van der Waals surface area contributed by atoms with Crippen LogP contribution in [0.25, 0.3) is 0 Å². The van der Waals surface area contributed by atoms with Crippen LogP contribution in [0.15, 0.2) is 0 Å². The molecular weight excluding hydrogens is 350 g/mol. The van der Waals surface area contributed by atoms with E-state index in [1.54, 1.807) is 0 Å². The summed E-state index contributed by atoms with van der Waals surface area (Å²) in [5.74, 6) is 1.35. The van der Waals surface area contributed by atoms with Gasteiger partial charge in [0, 0.05) is 19.6 Å². The fourth-order valence-corrected chi connectivity index (χ4v) is 1.95. The second kappa shape index (κ2) is 13.4. The maximum absolute atomic E-state index is 9.45. The number of aliphatic hydroxyl groups excluding tert-OH is 1. The number of hydrogen-bond acceptors (Lipinski definition) is 10. The number of nitrogens with one attached hydrogen (secondary N) is 3. The molecule has 1 aromatic rings. The highest BCUT2D eigenvalue weighted by Crippen LogP contribution is 2.14.